The first-order chi connectivity index (χ1) is 12.4. The Labute approximate surface area is 163 Å². The Morgan fingerprint density at radius 2 is 1.65 bits per heavy atom. The number of benzene rings is 2. The van der Waals surface area contributed by atoms with Gasteiger partial charge < -0.3 is 10.1 Å². The lowest BCUT2D eigenvalue weighted by atomic mass is 9.86. The first kappa shape index (κ1) is 20.3. The van der Waals surface area contributed by atoms with Crippen molar-refractivity contribution in [3.8, 4) is 0 Å². The molecule has 0 bridgehead atoms. The van der Waals surface area contributed by atoms with Crippen LogP contribution in [0.4, 0.5) is 5.69 Å². The highest BCUT2D eigenvalue weighted by molar-refractivity contribution is 6.39. The molecule has 0 radical (unpaired) electrons. The van der Waals surface area contributed by atoms with E-state index in [-0.39, 0.29) is 5.92 Å². The molecule has 26 heavy (non-hydrogen) atoms. The minimum Gasteiger partial charge on any atom is -0.455 e. The third kappa shape index (κ3) is 5.23. The molecular formula is C20H21Cl2NO3. The highest BCUT2D eigenvalue weighted by Gasteiger charge is 2.27. The molecule has 0 aliphatic carbocycles. The van der Waals surface area contributed by atoms with Gasteiger partial charge in [-0.25, -0.2) is 0 Å². The molecule has 4 nitrogen and oxygen atoms in total. The molecule has 0 aliphatic heterocycles. The number of hydrogen-bond donors (Lipinski definition) is 1. The lowest BCUT2D eigenvalue weighted by Crippen LogP contribution is -2.27. The van der Waals surface area contributed by atoms with Gasteiger partial charge in [-0.2, -0.15) is 0 Å². The zero-order chi connectivity index (χ0) is 19.1. The molecule has 1 N–H and O–H groups in total. The first-order valence-corrected chi connectivity index (χ1v) is 9.15. The van der Waals surface area contributed by atoms with Crippen LogP contribution in [0.3, 0.4) is 0 Å². The lowest BCUT2D eigenvalue weighted by Gasteiger charge is -2.21. The van der Waals surface area contributed by atoms with Crippen molar-refractivity contribution in [1.29, 1.82) is 0 Å². The molecule has 2 aromatic rings. The van der Waals surface area contributed by atoms with E-state index in [0.717, 1.165) is 12.0 Å². The smallest absolute Gasteiger partial charge is 0.314 e. The molecule has 2 rings (SSSR count). The van der Waals surface area contributed by atoms with Gasteiger partial charge in [-0.15, -0.1) is 0 Å². The van der Waals surface area contributed by atoms with E-state index in [1.807, 2.05) is 44.2 Å². The zero-order valence-electron chi connectivity index (χ0n) is 14.7. The minimum atomic E-state index is -0.496. The predicted octanol–water partition coefficient (Wildman–Crippen LogP) is 5.31. The van der Waals surface area contributed by atoms with E-state index in [2.05, 4.69) is 5.32 Å². The number of ether oxygens (including phenoxy) is 1. The Kier molecular flexibility index (Phi) is 7.49. The molecule has 0 fully saturated rings. The van der Waals surface area contributed by atoms with Crippen LogP contribution in [0.15, 0.2) is 48.5 Å². The van der Waals surface area contributed by atoms with Crippen molar-refractivity contribution in [1.82, 2.24) is 0 Å². The molecule has 2 aromatic carbocycles. The SMILES string of the molecule is CC[C@H](C)[C@H](C(=O)OCC(=O)Nc1c(Cl)cccc1Cl)c1ccccc1. The van der Waals surface area contributed by atoms with Crippen LogP contribution in [-0.4, -0.2) is 18.5 Å². The van der Waals surface area contributed by atoms with Gasteiger partial charge in [0, 0.05) is 0 Å². The maximum absolute atomic E-state index is 12.6. The maximum Gasteiger partial charge on any atom is 0.314 e. The molecule has 6 heteroatoms. The largest absolute Gasteiger partial charge is 0.455 e. The van der Waals surface area contributed by atoms with Crippen LogP contribution in [0.5, 0.6) is 0 Å². The van der Waals surface area contributed by atoms with Crippen LogP contribution >= 0.6 is 23.2 Å². The summed E-state index contributed by atoms with van der Waals surface area (Å²) in [7, 11) is 0. The second kappa shape index (κ2) is 9.60. The van der Waals surface area contributed by atoms with Gasteiger partial charge in [0.15, 0.2) is 6.61 Å². The summed E-state index contributed by atoms with van der Waals surface area (Å²) in [6.45, 7) is 3.60. The van der Waals surface area contributed by atoms with E-state index in [1.54, 1.807) is 18.2 Å². The number of para-hydroxylation sites is 1. The average molecular weight is 394 g/mol. The molecular weight excluding hydrogens is 373 g/mol. The number of rotatable bonds is 7. The Morgan fingerprint density at radius 1 is 1.04 bits per heavy atom. The van der Waals surface area contributed by atoms with Gasteiger partial charge in [0.2, 0.25) is 0 Å². The highest BCUT2D eigenvalue weighted by Crippen LogP contribution is 2.30. The van der Waals surface area contributed by atoms with Crippen LogP contribution in [0.25, 0.3) is 0 Å². The van der Waals surface area contributed by atoms with Gasteiger partial charge in [0.1, 0.15) is 0 Å². The van der Waals surface area contributed by atoms with E-state index in [4.69, 9.17) is 27.9 Å². The standard InChI is InChI=1S/C20H21Cl2NO3/c1-3-13(2)18(14-8-5-4-6-9-14)20(25)26-12-17(24)23-19-15(21)10-7-11-16(19)22/h4-11,13,18H,3,12H2,1-2H3,(H,23,24)/t13-,18-/m0/s1. The van der Waals surface area contributed by atoms with E-state index in [0.29, 0.717) is 15.7 Å². The van der Waals surface area contributed by atoms with Crippen molar-refractivity contribution in [3.05, 3.63) is 64.1 Å². The number of esters is 1. The number of carbonyl (C=O) groups is 2. The summed E-state index contributed by atoms with van der Waals surface area (Å²) in [6.07, 6.45) is 0.816. The quantitative estimate of drug-likeness (QED) is 0.648. The van der Waals surface area contributed by atoms with Crippen LogP contribution in [0.1, 0.15) is 31.7 Å². The summed E-state index contributed by atoms with van der Waals surface area (Å²) < 4.78 is 5.26. The first-order valence-electron chi connectivity index (χ1n) is 8.39. The Hall–Kier alpha value is -2.04. The second-order valence-corrected chi connectivity index (χ2v) is 6.84. The van der Waals surface area contributed by atoms with E-state index < -0.39 is 24.4 Å². The maximum atomic E-state index is 12.6. The topological polar surface area (TPSA) is 55.4 Å². The average Bonchev–Trinajstić information content (AvgIpc) is 2.64. The number of amides is 1. The predicted molar refractivity (Wildman–Crippen MR) is 105 cm³/mol. The van der Waals surface area contributed by atoms with Crippen LogP contribution in [0, 0.1) is 5.92 Å². The number of nitrogens with one attached hydrogen (secondary N) is 1. The second-order valence-electron chi connectivity index (χ2n) is 6.03. The summed E-state index contributed by atoms with van der Waals surface area (Å²) >= 11 is 12.0. The van der Waals surface area contributed by atoms with Crippen LogP contribution in [0.2, 0.25) is 10.0 Å². The molecule has 0 saturated carbocycles. The van der Waals surface area contributed by atoms with Gasteiger partial charge in [0.05, 0.1) is 21.7 Å². The molecule has 0 spiro atoms. The summed E-state index contributed by atoms with van der Waals surface area (Å²) in [5.41, 5.74) is 1.18. The highest BCUT2D eigenvalue weighted by atomic mass is 35.5. The van der Waals surface area contributed by atoms with Gasteiger partial charge >= 0.3 is 5.97 Å². The van der Waals surface area contributed by atoms with Crippen molar-refractivity contribution >= 4 is 40.8 Å². The molecule has 0 unspecified atom stereocenters. The van der Waals surface area contributed by atoms with Crippen molar-refractivity contribution in [3.63, 3.8) is 0 Å². The fourth-order valence-electron chi connectivity index (χ4n) is 2.61. The fraction of sp³-hybridized carbons (Fsp3) is 0.300. The number of halogens is 2. The van der Waals surface area contributed by atoms with Crippen molar-refractivity contribution in [2.75, 3.05) is 11.9 Å². The van der Waals surface area contributed by atoms with Gasteiger partial charge in [-0.3, -0.25) is 9.59 Å². The summed E-state index contributed by atoms with van der Waals surface area (Å²) in [6, 6.07) is 14.3. The van der Waals surface area contributed by atoms with Gasteiger partial charge in [-0.1, -0.05) is 79.9 Å². The summed E-state index contributed by atoms with van der Waals surface area (Å²) in [4.78, 5) is 24.7. The number of anilines is 1. The monoisotopic (exact) mass is 393 g/mol. The number of hydrogen-bond acceptors (Lipinski definition) is 3. The Morgan fingerprint density at radius 3 is 2.23 bits per heavy atom. The van der Waals surface area contributed by atoms with E-state index in [9.17, 15) is 9.59 Å². The molecule has 0 heterocycles. The van der Waals surface area contributed by atoms with E-state index in [1.165, 1.54) is 0 Å². The van der Waals surface area contributed by atoms with Gasteiger partial charge in [0.25, 0.3) is 5.91 Å². The third-order valence-electron chi connectivity index (χ3n) is 4.20. The third-order valence-corrected chi connectivity index (χ3v) is 4.83. The van der Waals surface area contributed by atoms with Crippen LogP contribution < -0.4 is 5.32 Å². The molecule has 0 saturated heterocycles. The molecule has 0 aliphatic rings. The minimum absolute atomic E-state index is 0.0889. The van der Waals surface area contributed by atoms with Crippen molar-refractivity contribution < 1.29 is 14.3 Å². The zero-order valence-corrected chi connectivity index (χ0v) is 16.2. The summed E-state index contributed by atoms with van der Waals surface area (Å²) in [5.74, 6) is -1.25. The molecule has 0 aromatic heterocycles. The normalized spacial score (nSPS) is 12.9. The number of carbonyl (C=O) groups excluding carboxylic acids is 2. The molecule has 2 atom stereocenters. The van der Waals surface area contributed by atoms with Crippen molar-refractivity contribution in [2.24, 2.45) is 5.92 Å². The Balaban J connectivity index is 2.02. The summed E-state index contributed by atoms with van der Waals surface area (Å²) in [5, 5.41) is 3.21. The van der Waals surface area contributed by atoms with Crippen molar-refractivity contribution in [2.45, 2.75) is 26.2 Å². The molecule has 1 amide bonds. The van der Waals surface area contributed by atoms with E-state index >= 15 is 0 Å². The molecule has 138 valence electrons. The van der Waals surface area contributed by atoms with Crippen LogP contribution in [-0.2, 0) is 14.3 Å². The lowest BCUT2D eigenvalue weighted by molar-refractivity contribution is -0.150. The van der Waals surface area contributed by atoms with Gasteiger partial charge in [-0.05, 0) is 23.6 Å². The Bertz CT molecular complexity index is 745. The fourth-order valence-corrected chi connectivity index (χ4v) is 3.10.